The Labute approximate surface area is 80.8 Å². The van der Waals surface area contributed by atoms with Crippen LogP contribution in [0.1, 0.15) is 31.9 Å². The number of rotatable bonds is 2. The molecule has 0 aromatic heterocycles. The minimum absolute atomic E-state index is 0.750. The molecule has 0 saturated carbocycles. The van der Waals surface area contributed by atoms with E-state index in [0.717, 1.165) is 19.1 Å². The van der Waals surface area contributed by atoms with Gasteiger partial charge in [0.25, 0.3) is 0 Å². The Morgan fingerprint density at radius 2 is 1.23 bits per heavy atom. The number of carbonyl (C=O) groups is 1. The summed E-state index contributed by atoms with van der Waals surface area (Å²) >= 11 is 0. The Hall–Kier alpha value is -1.11. The van der Waals surface area contributed by atoms with Crippen LogP contribution in [0.15, 0.2) is 24.3 Å². The Morgan fingerprint density at radius 1 is 1.00 bits per heavy atom. The van der Waals surface area contributed by atoms with Gasteiger partial charge in [0, 0.05) is 0 Å². The molecule has 0 radical (unpaired) electrons. The van der Waals surface area contributed by atoms with Crippen LogP contribution in [0.5, 0.6) is 0 Å². The van der Waals surface area contributed by atoms with E-state index in [4.69, 9.17) is 4.79 Å². The summed E-state index contributed by atoms with van der Waals surface area (Å²) in [5.74, 6) is 0. The maximum Gasteiger partial charge on any atom is 0.116 e. The van der Waals surface area contributed by atoms with Crippen LogP contribution < -0.4 is 0 Å². The molecule has 1 nitrogen and oxygen atoms in total. The smallest absolute Gasteiger partial charge is 0.116 e. The summed E-state index contributed by atoms with van der Waals surface area (Å²) in [6.07, 6.45) is 3.04. The van der Waals surface area contributed by atoms with E-state index in [1.54, 1.807) is 0 Å². The number of aryl methyl sites for hydroxylation is 2. The first kappa shape index (κ1) is 11.9. The van der Waals surface area contributed by atoms with Crippen LogP contribution in [0.25, 0.3) is 0 Å². The van der Waals surface area contributed by atoms with E-state index >= 15 is 0 Å². The van der Waals surface area contributed by atoms with Gasteiger partial charge in [-0.1, -0.05) is 38.1 Å². The van der Waals surface area contributed by atoms with Crippen LogP contribution in [-0.4, -0.2) is 6.29 Å². The number of aldehydes is 1. The SMILES string of the molecule is CC=O.CCc1ccc(CC)cc1. The van der Waals surface area contributed by atoms with Gasteiger partial charge >= 0.3 is 0 Å². The van der Waals surface area contributed by atoms with Crippen molar-refractivity contribution in [2.24, 2.45) is 0 Å². The highest BCUT2D eigenvalue weighted by atomic mass is 16.1. The molecule has 0 aliphatic carbocycles. The lowest BCUT2D eigenvalue weighted by molar-refractivity contribution is -0.106. The molecule has 0 aliphatic heterocycles. The zero-order valence-electron chi connectivity index (χ0n) is 8.71. The van der Waals surface area contributed by atoms with Crippen molar-refractivity contribution in [2.75, 3.05) is 0 Å². The van der Waals surface area contributed by atoms with E-state index in [1.165, 1.54) is 18.1 Å². The number of hydrogen-bond acceptors (Lipinski definition) is 1. The van der Waals surface area contributed by atoms with Crippen LogP contribution in [-0.2, 0) is 17.6 Å². The summed E-state index contributed by atoms with van der Waals surface area (Å²) in [4.78, 5) is 8.81. The summed E-state index contributed by atoms with van der Waals surface area (Å²) in [6, 6.07) is 8.83. The van der Waals surface area contributed by atoms with E-state index < -0.39 is 0 Å². The lowest BCUT2D eigenvalue weighted by atomic mass is 10.1. The standard InChI is InChI=1S/C10H14.C2H4O/c1-3-9-5-7-10(4-2)8-6-9;1-2-3/h5-8H,3-4H2,1-2H3;2H,1H3. The van der Waals surface area contributed by atoms with Crippen molar-refractivity contribution in [3.63, 3.8) is 0 Å². The van der Waals surface area contributed by atoms with E-state index in [1.807, 2.05) is 0 Å². The van der Waals surface area contributed by atoms with Gasteiger partial charge in [0.15, 0.2) is 0 Å². The average Bonchev–Trinajstić information content (AvgIpc) is 2.19. The molecule has 0 atom stereocenters. The average molecular weight is 178 g/mol. The fourth-order valence-corrected chi connectivity index (χ4v) is 1.01. The summed E-state index contributed by atoms with van der Waals surface area (Å²) in [6.45, 7) is 5.81. The van der Waals surface area contributed by atoms with Crippen LogP contribution in [0.2, 0.25) is 0 Å². The van der Waals surface area contributed by atoms with E-state index in [9.17, 15) is 0 Å². The van der Waals surface area contributed by atoms with Gasteiger partial charge in [0.2, 0.25) is 0 Å². The summed E-state index contributed by atoms with van der Waals surface area (Å²) in [5, 5.41) is 0. The van der Waals surface area contributed by atoms with Crippen LogP contribution >= 0.6 is 0 Å². The van der Waals surface area contributed by atoms with E-state index in [2.05, 4.69) is 38.1 Å². The van der Waals surface area contributed by atoms with Crippen LogP contribution in [0.4, 0.5) is 0 Å². The van der Waals surface area contributed by atoms with Crippen molar-refractivity contribution in [1.82, 2.24) is 0 Å². The second-order valence-corrected chi connectivity index (χ2v) is 2.76. The van der Waals surface area contributed by atoms with Crippen molar-refractivity contribution in [3.05, 3.63) is 35.4 Å². The fourth-order valence-electron chi connectivity index (χ4n) is 1.01. The van der Waals surface area contributed by atoms with Crippen molar-refractivity contribution >= 4 is 6.29 Å². The summed E-state index contributed by atoms with van der Waals surface area (Å²) < 4.78 is 0. The predicted octanol–water partition coefficient (Wildman–Crippen LogP) is 3.02. The molecule has 0 aliphatic rings. The van der Waals surface area contributed by atoms with Gasteiger partial charge in [-0.05, 0) is 30.9 Å². The highest BCUT2D eigenvalue weighted by Crippen LogP contribution is 2.04. The molecule has 0 heterocycles. The highest BCUT2D eigenvalue weighted by Gasteiger charge is 1.88. The van der Waals surface area contributed by atoms with Gasteiger partial charge in [-0.15, -0.1) is 0 Å². The Balaban J connectivity index is 0.000000424. The third-order valence-electron chi connectivity index (χ3n) is 1.84. The first-order valence-electron chi connectivity index (χ1n) is 4.76. The maximum absolute atomic E-state index is 8.81. The van der Waals surface area contributed by atoms with Crippen LogP contribution in [0.3, 0.4) is 0 Å². The number of benzene rings is 1. The molecule has 1 rings (SSSR count). The number of carbonyl (C=O) groups excluding carboxylic acids is 1. The van der Waals surface area contributed by atoms with Gasteiger partial charge in [-0.2, -0.15) is 0 Å². The molecule has 0 spiro atoms. The predicted molar refractivity (Wildman–Crippen MR) is 56.9 cm³/mol. The van der Waals surface area contributed by atoms with Gasteiger partial charge in [-0.25, -0.2) is 0 Å². The second-order valence-electron chi connectivity index (χ2n) is 2.76. The first-order chi connectivity index (χ1) is 6.28. The Bertz CT molecular complexity index is 200. The molecule has 1 aromatic carbocycles. The third kappa shape index (κ3) is 5.18. The van der Waals surface area contributed by atoms with Crippen molar-refractivity contribution in [2.45, 2.75) is 33.6 Å². The highest BCUT2D eigenvalue weighted by molar-refractivity contribution is 5.44. The molecule has 1 heteroatoms. The molecule has 0 saturated heterocycles. The van der Waals surface area contributed by atoms with Crippen molar-refractivity contribution in [3.8, 4) is 0 Å². The lowest BCUT2D eigenvalue weighted by Gasteiger charge is -1.97. The molecule has 0 bridgehead atoms. The molecule has 72 valence electrons. The zero-order valence-corrected chi connectivity index (χ0v) is 8.71. The van der Waals surface area contributed by atoms with E-state index in [-0.39, 0.29) is 0 Å². The fraction of sp³-hybridized carbons (Fsp3) is 0.417. The summed E-state index contributed by atoms with van der Waals surface area (Å²) in [7, 11) is 0. The topological polar surface area (TPSA) is 17.1 Å². The molecular formula is C12H18O. The molecule has 0 amide bonds. The number of hydrogen-bond donors (Lipinski definition) is 0. The third-order valence-corrected chi connectivity index (χ3v) is 1.84. The molecule has 0 fully saturated rings. The van der Waals surface area contributed by atoms with Crippen LogP contribution in [0, 0.1) is 0 Å². The molecule has 0 unspecified atom stereocenters. The molecular weight excluding hydrogens is 160 g/mol. The second kappa shape index (κ2) is 7.53. The Kier molecular flexibility index (Phi) is 6.89. The van der Waals surface area contributed by atoms with Gasteiger partial charge in [0.05, 0.1) is 0 Å². The lowest BCUT2D eigenvalue weighted by Crippen LogP contribution is -1.81. The normalized spacial score (nSPS) is 8.54. The largest absolute Gasteiger partial charge is 0.304 e. The first-order valence-corrected chi connectivity index (χ1v) is 4.76. The van der Waals surface area contributed by atoms with Gasteiger partial charge in [0.1, 0.15) is 6.29 Å². The van der Waals surface area contributed by atoms with Crippen molar-refractivity contribution < 1.29 is 4.79 Å². The quantitative estimate of drug-likeness (QED) is 0.636. The van der Waals surface area contributed by atoms with Crippen molar-refractivity contribution in [1.29, 1.82) is 0 Å². The minimum Gasteiger partial charge on any atom is -0.304 e. The molecule has 13 heavy (non-hydrogen) atoms. The van der Waals surface area contributed by atoms with Gasteiger partial charge in [-0.3, -0.25) is 0 Å². The van der Waals surface area contributed by atoms with E-state index in [0.29, 0.717) is 0 Å². The monoisotopic (exact) mass is 178 g/mol. The molecule has 0 N–H and O–H groups in total. The zero-order chi connectivity index (χ0) is 10.1. The summed E-state index contributed by atoms with van der Waals surface area (Å²) in [5.41, 5.74) is 2.86. The minimum atomic E-state index is 0.750. The molecule has 1 aromatic rings. The van der Waals surface area contributed by atoms with Gasteiger partial charge < -0.3 is 4.79 Å². The Morgan fingerprint density at radius 3 is 1.38 bits per heavy atom. The maximum atomic E-state index is 8.81.